The van der Waals surface area contributed by atoms with Gasteiger partial charge in [0.25, 0.3) is 0 Å². The second-order valence-corrected chi connectivity index (χ2v) is 18.1. The Balaban J connectivity index is 1.26. The normalized spacial score (nSPS) is 31.9. The number of halogens is 2. The quantitative estimate of drug-likeness (QED) is 0.0425. The second-order valence-electron chi connectivity index (χ2n) is 17.0. The molecule has 3 aromatic rings. The summed E-state index contributed by atoms with van der Waals surface area (Å²) < 4.78 is 63.8. The van der Waals surface area contributed by atoms with Gasteiger partial charge >= 0.3 is 5.97 Å². The van der Waals surface area contributed by atoms with Crippen LogP contribution >= 0.6 is 23.2 Å². The monoisotopic (exact) mass is 963 g/mol. The Morgan fingerprint density at radius 2 is 1.27 bits per heavy atom. The predicted molar refractivity (Wildman–Crippen MR) is 244 cm³/mol. The summed E-state index contributed by atoms with van der Waals surface area (Å²) in [5.41, 5.74) is 8.23. The second kappa shape index (κ2) is 26.8. The molecule has 3 aliphatic rings. The highest BCUT2D eigenvalue weighted by molar-refractivity contribution is 6.25. The van der Waals surface area contributed by atoms with Gasteiger partial charge in [0.15, 0.2) is 29.5 Å². The van der Waals surface area contributed by atoms with Crippen LogP contribution in [0.25, 0.3) is 0 Å². The summed E-state index contributed by atoms with van der Waals surface area (Å²) in [6.07, 6.45) is -5.15. The van der Waals surface area contributed by atoms with Gasteiger partial charge in [0.1, 0.15) is 42.7 Å². The summed E-state index contributed by atoms with van der Waals surface area (Å²) in [4.78, 5) is 11.5. The Morgan fingerprint density at radius 3 is 1.83 bits per heavy atom. The number of methoxy groups -OCH3 is 1. The van der Waals surface area contributed by atoms with Crippen LogP contribution in [0.5, 0.6) is 0 Å². The maximum absolute atomic E-state index is 11.5. The lowest BCUT2D eigenvalue weighted by molar-refractivity contribution is -0.368. The van der Waals surface area contributed by atoms with Crippen molar-refractivity contribution in [1.82, 2.24) is 0 Å². The number of hydrogen-bond acceptors (Lipinski definition) is 15. The first-order chi connectivity index (χ1) is 32.0. The van der Waals surface area contributed by atoms with Crippen LogP contribution in [0.1, 0.15) is 81.4 Å². The molecule has 5 N–H and O–H groups in total. The van der Waals surface area contributed by atoms with E-state index < -0.39 is 91.0 Å². The number of alkyl halides is 2. The molecule has 3 fully saturated rings. The number of carbonyl (C=O) groups excluding carboxylic acids is 1. The number of rotatable bonds is 25. The van der Waals surface area contributed by atoms with Gasteiger partial charge in [-0.3, -0.25) is 4.79 Å². The van der Waals surface area contributed by atoms with Crippen LogP contribution in [0.15, 0.2) is 91.0 Å². The lowest BCUT2D eigenvalue weighted by Crippen LogP contribution is -2.68. The van der Waals surface area contributed by atoms with Gasteiger partial charge in [-0.05, 0) is 42.9 Å². The lowest BCUT2D eigenvalue weighted by Gasteiger charge is -2.50. The Morgan fingerprint density at radius 1 is 0.727 bits per heavy atom. The lowest BCUT2D eigenvalue weighted by atomic mass is 9.95. The number of unbranched alkanes of at least 4 members (excludes halogenated alkanes) is 5. The van der Waals surface area contributed by atoms with Crippen LogP contribution in [0.2, 0.25) is 0 Å². The zero-order chi connectivity index (χ0) is 46.9. The van der Waals surface area contributed by atoms with Gasteiger partial charge < -0.3 is 68.4 Å². The van der Waals surface area contributed by atoms with Crippen molar-refractivity contribution in [2.24, 2.45) is 5.73 Å². The standard InChI is InChI=1S/C49H67Cl2NO14/c1-32-40(59-29-33-18-10-7-11-19-33)43(60-30-34-20-12-8-13-21-34)44(61-31-35-22-14-9-15-23-35)48(62-32)66-42-39(52)47(58-27-17-6-4-3-5-16-24-37(54)57-2)63-36(28-53)41(42)64-38-25-26-49(51,56)45(65-38)46(50)55/h7-15,18-23,32,36,38-48,53,55-56H,3-6,16-17,24-31,52H2,1-2H3/t32-,36+,38+,39+,40+,41+,42+,43+,44-,45+,46?,47+,48-,49+/m0/s1. The first-order valence-electron chi connectivity index (χ1n) is 23.0. The number of aliphatic hydroxyl groups excluding tert-OH is 2. The highest BCUT2D eigenvalue weighted by Crippen LogP contribution is 2.39. The number of nitrogens with two attached hydrogens (primary N) is 1. The third-order valence-corrected chi connectivity index (χ3v) is 12.7. The first-order valence-corrected chi connectivity index (χ1v) is 23.8. The summed E-state index contributed by atoms with van der Waals surface area (Å²) in [5, 5.41) is 30.0. The fourth-order valence-corrected chi connectivity index (χ4v) is 9.03. The maximum atomic E-state index is 11.5. The van der Waals surface area contributed by atoms with Gasteiger partial charge in [-0.15, -0.1) is 0 Å². The van der Waals surface area contributed by atoms with Gasteiger partial charge in [0, 0.05) is 19.4 Å². The fourth-order valence-electron chi connectivity index (χ4n) is 8.42. The summed E-state index contributed by atoms with van der Waals surface area (Å²) in [7, 11) is 1.39. The van der Waals surface area contributed by atoms with E-state index in [4.69, 9.17) is 76.3 Å². The molecule has 3 aliphatic heterocycles. The number of benzene rings is 3. The van der Waals surface area contributed by atoms with E-state index in [2.05, 4.69) is 0 Å². The van der Waals surface area contributed by atoms with Crippen LogP contribution in [0, 0.1) is 0 Å². The highest BCUT2D eigenvalue weighted by Gasteiger charge is 2.54. The van der Waals surface area contributed by atoms with E-state index in [1.54, 1.807) is 0 Å². The van der Waals surface area contributed by atoms with Crippen molar-refractivity contribution in [2.75, 3.05) is 20.3 Å². The van der Waals surface area contributed by atoms with E-state index in [9.17, 15) is 20.1 Å². The highest BCUT2D eigenvalue weighted by atomic mass is 35.5. The van der Waals surface area contributed by atoms with Gasteiger partial charge in [0.05, 0.1) is 45.7 Å². The summed E-state index contributed by atoms with van der Waals surface area (Å²) in [5.74, 6) is -0.205. The van der Waals surface area contributed by atoms with Crippen molar-refractivity contribution < 1.29 is 67.5 Å². The van der Waals surface area contributed by atoms with Crippen molar-refractivity contribution >= 4 is 29.2 Å². The number of aliphatic hydroxyl groups is 3. The van der Waals surface area contributed by atoms with Crippen molar-refractivity contribution in [3.63, 3.8) is 0 Å². The Kier molecular flexibility index (Phi) is 21.4. The SMILES string of the molecule is COC(=O)CCCCCCCCO[C@@H]1O[C@H](CO)[C@@H](O[C@H]2CC[C@](O)(Cl)[C@@H](C(O)Cl)O2)[C@H](O[C@@H]2O[C@@H](C)[C@@H](OCc3ccccc3)[C@@H](OCc3ccccc3)[C@@H]2OCc2ccccc2)[C@H]1N. The largest absolute Gasteiger partial charge is 0.469 e. The van der Waals surface area contributed by atoms with E-state index >= 15 is 0 Å². The predicted octanol–water partition coefficient (Wildman–Crippen LogP) is 6.21. The van der Waals surface area contributed by atoms with E-state index in [1.807, 2.05) is 97.9 Å². The average Bonchev–Trinajstić information content (AvgIpc) is 3.32. The zero-order valence-corrected chi connectivity index (χ0v) is 39.2. The van der Waals surface area contributed by atoms with E-state index in [0.717, 1.165) is 48.8 Å². The molecule has 15 nitrogen and oxygen atoms in total. The molecule has 0 aromatic heterocycles. The molecule has 366 valence electrons. The van der Waals surface area contributed by atoms with Gasteiger partial charge in [-0.25, -0.2) is 0 Å². The van der Waals surface area contributed by atoms with Crippen LogP contribution in [-0.2, 0) is 72.0 Å². The maximum Gasteiger partial charge on any atom is 0.305 e. The molecule has 3 heterocycles. The molecule has 14 atom stereocenters. The fraction of sp³-hybridized carbons (Fsp3) is 0.612. The van der Waals surface area contributed by atoms with Crippen molar-refractivity contribution in [3.05, 3.63) is 108 Å². The molecule has 3 saturated heterocycles. The molecule has 6 rings (SSSR count). The molecule has 0 saturated carbocycles. The third kappa shape index (κ3) is 15.3. The molecular weight excluding hydrogens is 897 g/mol. The van der Waals surface area contributed by atoms with Crippen molar-refractivity contribution in [1.29, 1.82) is 0 Å². The first kappa shape index (κ1) is 52.6. The molecule has 1 unspecified atom stereocenters. The smallest absolute Gasteiger partial charge is 0.305 e. The number of carbonyl (C=O) groups is 1. The molecule has 66 heavy (non-hydrogen) atoms. The molecule has 0 spiro atoms. The number of esters is 1. The minimum atomic E-state index is -1.96. The molecule has 0 radical (unpaired) electrons. The zero-order valence-electron chi connectivity index (χ0n) is 37.7. The third-order valence-electron chi connectivity index (χ3n) is 12.1. The molecule has 17 heteroatoms. The van der Waals surface area contributed by atoms with Crippen LogP contribution < -0.4 is 5.73 Å². The average molecular weight is 965 g/mol. The van der Waals surface area contributed by atoms with Crippen LogP contribution in [0.4, 0.5) is 0 Å². The molecular formula is C49H67Cl2NO14. The van der Waals surface area contributed by atoms with E-state index in [1.165, 1.54) is 7.11 Å². The summed E-state index contributed by atoms with van der Waals surface area (Å²) in [6.45, 7) is 2.37. The molecule has 0 aliphatic carbocycles. The summed E-state index contributed by atoms with van der Waals surface area (Å²) in [6, 6.07) is 28.3. The van der Waals surface area contributed by atoms with E-state index in [-0.39, 0.29) is 38.6 Å². The molecule has 3 aromatic carbocycles. The topological polar surface area (TPSA) is 196 Å². The van der Waals surface area contributed by atoms with Crippen LogP contribution in [-0.4, -0.2) is 126 Å². The van der Waals surface area contributed by atoms with Gasteiger partial charge in [0.2, 0.25) is 0 Å². The van der Waals surface area contributed by atoms with Crippen LogP contribution in [0.3, 0.4) is 0 Å². The number of ether oxygens (including phenoxy) is 10. The minimum absolute atomic E-state index is 0.0386. The Labute approximate surface area is 397 Å². The van der Waals surface area contributed by atoms with Gasteiger partial charge in [-0.1, -0.05) is 140 Å². The van der Waals surface area contributed by atoms with Crippen molar-refractivity contribution in [2.45, 2.75) is 169 Å². The van der Waals surface area contributed by atoms with E-state index in [0.29, 0.717) is 19.4 Å². The summed E-state index contributed by atoms with van der Waals surface area (Å²) >= 11 is 12.3. The van der Waals surface area contributed by atoms with Gasteiger partial charge in [-0.2, -0.15) is 0 Å². The minimum Gasteiger partial charge on any atom is -0.469 e. The number of hydrogen-bond donors (Lipinski definition) is 4. The molecule has 0 amide bonds. The Bertz CT molecular complexity index is 1820. The Hall–Kier alpha value is -2.81. The molecule has 0 bridgehead atoms. The van der Waals surface area contributed by atoms with Crippen molar-refractivity contribution in [3.8, 4) is 0 Å².